The molecule has 0 amide bonds. The maximum absolute atomic E-state index is 13.9. The van der Waals surface area contributed by atoms with Gasteiger partial charge in [0.2, 0.25) is 5.52 Å². The second-order valence-corrected chi connectivity index (χ2v) is 21.4. The fourth-order valence-electron chi connectivity index (χ4n) is 6.37. The van der Waals surface area contributed by atoms with Crippen LogP contribution in [0.4, 0.5) is 5.69 Å². The highest BCUT2D eigenvalue weighted by molar-refractivity contribution is 8.03. The van der Waals surface area contributed by atoms with Crippen LogP contribution in [-0.4, -0.2) is 72.7 Å². The predicted molar refractivity (Wildman–Crippen MR) is 216 cm³/mol. The molecule has 0 bridgehead atoms. The summed E-state index contributed by atoms with van der Waals surface area (Å²) in [6.45, 7) is 0.546. The maximum atomic E-state index is 13.9. The van der Waals surface area contributed by atoms with Crippen molar-refractivity contribution in [2.45, 2.75) is 55.4 Å². The van der Waals surface area contributed by atoms with Gasteiger partial charge in [0, 0.05) is 58.0 Å². The smallest absolute Gasteiger partial charge is 0.310 e. The summed E-state index contributed by atoms with van der Waals surface area (Å²) in [6, 6.07) is 11.0. The SMILES string of the molecule is O=C(OC1CCSCCCS1)C1CC(C=C2Sc3ccc(Cl)cc3N2CCCS(=O)(=O)[O-])=CC(=Cc2sc3ccc(Cl)cc3[n+]2CCCS(=O)(=O)[O-])C1. The van der Waals surface area contributed by atoms with Crippen molar-refractivity contribution in [3.8, 4) is 0 Å². The predicted octanol–water partition coefficient (Wildman–Crippen LogP) is 7.67. The molecule has 3 aromatic rings. The van der Waals surface area contributed by atoms with Crippen molar-refractivity contribution < 1.29 is 40.0 Å². The van der Waals surface area contributed by atoms with Crippen molar-refractivity contribution >= 4 is 118 Å². The molecule has 3 aliphatic rings. The molecule has 0 spiro atoms. The largest absolute Gasteiger partial charge is 0.748 e. The number of allylic oxidation sites excluding steroid dienone is 4. The number of fused-ring (bicyclic) bond motifs is 2. The first kappa shape index (κ1) is 40.9. The van der Waals surface area contributed by atoms with Crippen LogP contribution in [0.5, 0.6) is 0 Å². The molecular weight excluding hydrogens is 840 g/mol. The number of anilines is 1. The zero-order chi connectivity index (χ0) is 37.8. The number of aryl methyl sites for hydroxylation is 1. The normalized spacial score (nSPS) is 21.4. The number of hydrogen-bond donors (Lipinski definition) is 0. The first-order valence-electron chi connectivity index (χ1n) is 17.0. The van der Waals surface area contributed by atoms with Gasteiger partial charge in [0.1, 0.15) is 10.1 Å². The summed E-state index contributed by atoms with van der Waals surface area (Å²) in [5.41, 5.74) is 3.12. The Morgan fingerprint density at radius 1 is 0.962 bits per heavy atom. The second kappa shape index (κ2) is 18.0. The van der Waals surface area contributed by atoms with Crippen LogP contribution in [0.15, 0.2) is 69.6 Å². The Morgan fingerprint density at radius 3 is 2.51 bits per heavy atom. The van der Waals surface area contributed by atoms with Gasteiger partial charge in [-0.2, -0.15) is 16.3 Å². The van der Waals surface area contributed by atoms with Crippen molar-refractivity contribution in [1.82, 2.24) is 0 Å². The van der Waals surface area contributed by atoms with E-state index >= 15 is 0 Å². The van der Waals surface area contributed by atoms with E-state index in [2.05, 4.69) is 0 Å². The van der Waals surface area contributed by atoms with Crippen molar-refractivity contribution in [1.29, 1.82) is 0 Å². The van der Waals surface area contributed by atoms with E-state index in [0.717, 1.165) is 72.1 Å². The molecule has 53 heavy (non-hydrogen) atoms. The highest BCUT2D eigenvalue weighted by atomic mass is 35.5. The third kappa shape index (κ3) is 11.6. The molecule has 6 rings (SSSR count). The van der Waals surface area contributed by atoms with Gasteiger partial charge in [-0.3, -0.25) is 4.79 Å². The van der Waals surface area contributed by atoms with E-state index in [1.54, 1.807) is 23.9 Å². The van der Waals surface area contributed by atoms with Gasteiger partial charge in [-0.05, 0) is 90.5 Å². The lowest BCUT2D eigenvalue weighted by molar-refractivity contribution is -0.668. The van der Waals surface area contributed by atoms with Gasteiger partial charge in [0.05, 0.1) is 36.9 Å². The quantitative estimate of drug-likeness (QED) is 0.1000. The first-order valence-corrected chi connectivity index (χ1v) is 24.7. The number of nitrogens with zero attached hydrogens (tertiary/aromatic N) is 2. The summed E-state index contributed by atoms with van der Waals surface area (Å²) < 4.78 is 77.7. The van der Waals surface area contributed by atoms with Crippen molar-refractivity contribution in [2.75, 3.05) is 40.2 Å². The first-order chi connectivity index (χ1) is 25.2. The summed E-state index contributed by atoms with van der Waals surface area (Å²) in [7, 11) is -8.80. The number of ether oxygens (including phenoxy) is 1. The summed E-state index contributed by atoms with van der Waals surface area (Å²) in [5.74, 6) is 1.19. The van der Waals surface area contributed by atoms with E-state index in [1.165, 1.54) is 23.1 Å². The molecule has 18 heteroatoms. The van der Waals surface area contributed by atoms with E-state index in [-0.39, 0.29) is 37.3 Å². The summed E-state index contributed by atoms with van der Waals surface area (Å²) in [5, 5.41) is 2.66. The minimum absolute atomic E-state index is 0.121. The number of thioether (sulfide) groups is 3. The van der Waals surface area contributed by atoms with Crippen LogP contribution in [0.1, 0.15) is 43.5 Å². The Morgan fingerprint density at radius 2 is 1.72 bits per heavy atom. The minimum atomic E-state index is -4.40. The molecule has 3 heterocycles. The summed E-state index contributed by atoms with van der Waals surface area (Å²) >= 11 is 19.3. The van der Waals surface area contributed by atoms with E-state index in [0.29, 0.717) is 22.9 Å². The molecule has 1 aromatic heterocycles. The van der Waals surface area contributed by atoms with Gasteiger partial charge in [0.15, 0.2) is 6.54 Å². The third-order valence-corrected chi connectivity index (χ3v) is 15.3. The van der Waals surface area contributed by atoms with Crippen LogP contribution in [-0.2, 0) is 36.3 Å². The van der Waals surface area contributed by atoms with Crippen LogP contribution in [0.3, 0.4) is 0 Å². The molecule has 2 aliphatic heterocycles. The molecular formula is C35H37Cl2N2O8S6-. The molecule has 2 aromatic carbocycles. The van der Waals surface area contributed by atoms with Crippen LogP contribution in [0.2, 0.25) is 10.0 Å². The highest BCUT2D eigenvalue weighted by Gasteiger charge is 2.32. The van der Waals surface area contributed by atoms with Gasteiger partial charge in [-0.15, -0.1) is 11.8 Å². The van der Waals surface area contributed by atoms with Gasteiger partial charge in [-0.25, -0.2) is 16.8 Å². The monoisotopic (exact) mass is 875 g/mol. The molecule has 1 saturated heterocycles. The zero-order valence-electron chi connectivity index (χ0n) is 28.4. The number of benzene rings is 2. The second-order valence-electron chi connectivity index (χ2n) is 12.8. The van der Waals surface area contributed by atoms with Crippen molar-refractivity contribution in [3.05, 3.63) is 79.8 Å². The zero-order valence-corrected chi connectivity index (χ0v) is 34.8. The lowest BCUT2D eigenvalue weighted by Gasteiger charge is -2.26. The fourth-order valence-corrected chi connectivity index (χ4v) is 12.2. The minimum Gasteiger partial charge on any atom is -0.748 e. The van der Waals surface area contributed by atoms with E-state index < -0.39 is 37.7 Å². The van der Waals surface area contributed by atoms with E-state index in [1.807, 2.05) is 63.7 Å². The number of aromatic nitrogens is 1. The number of rotatable bonds is 12. The summed E-state index contributed by atoms with van der Waals surface area (Å²) in [4.78, 5) is 16.8. The van der Waals surface area contributed by atoms with Crippen LogP contribution in [0.25, 0.3) is 16.3 Å². The maximum Gasteiger partial charge on any atom is 0.310 e. The average Bonchev–Trinajstić information content (AvgIpc) is 3.56. The van der Waals surface area contributed by atoms with Crippen LogP contribution < -0.4 is 9.47 Å². The Hall–Kier alpha value is -1.73. The highest BCUT2D eigenvalue weighted by Crippen LogP contribution is 2.48. The number of hydrogen-bond acceptors (Lipinski definition) is 13. The topological polar surface area (TPSA) is 148 Å². The molecule has 1 aliphatic carbocycles. The van der Waals surface area contributed by atoms with Gasteiger partial charge in [-0.1, -0.05) is 52.4 Å². The van der Waals surface area contributed by atoms with Gasteiger partial charge < -0.3 is 18.7 Å². The molecule has 286 valence electrons. The number of carbonyl (C=O) groups excluding carboxylic acids is 1. The molecule has 10 nitrogen and oxygen atoms in total. The number of thiazole rings is 1. The molecule has 1 fully saturated rings. The van der Waals surface area contributed by atoms with Crippen LogP contribution in [0, 0.1) is 5.92 Å². The fraction of sp³-hybridized carbons (Fsp3) is 0.429. The van der Waals surface area contributed by atoms with E-state index in [9.17, 15) is 30.7 Å². The Bertz CT molecular complexity index is 2160. The van der Waals surface area contributed by atoms with E-state index in [4.69, 9.17) is 27.9 Å². The summed E-state index contributed by atoms with van der Waals surface area (Å²) in [6.07, 6.45) is 8.94. The lowest BCUT2D eigenvalue weighted by atomic mass is 9.85. The molecule has 0 N–H and O–H groups in total. The lowest BCUT2D eigenvalue weighted by Crippen LogP contribution is -2.36. The standard InChI is InChI=1S/C35H38Cl2N2O8S6/c36-26-4-6-30-28(21-26)38(9-1-14-52(41,42)43)32(50-30)19-23-16-24(18-25(17-23)35(40)47-34-8-13-48-11-3-12-49-34)20-33-39(10-2-15-53(44,45)46)29-22-27(37)5-7-31(29)51-33/h4-7,16,19-22,25,34H,1-3,8-15,17-18H2,(H-,41,42,43,44,45,46)/p-1. The molecule has 0 saturated carbocycles. The molecule has 2 unspecified atom stereocenters. The van der Waals surface area contributed by atoms with Crippen molar-refractivity contribution in [2.24, 2.45) is 5.92 Å². The van der Waals surface area contributed by atoms with Gasteiger partial charge in [0.25, 0.3) is 5.01 Å². The van der Waals surface area contributed by atoms with Crippen LogP contribution >= 0.6 is 69.8 Å². The molecule has 2 atom stereocenters. The number of halogens is 2. The Balaban J connectivity index is 1.37. The number of carbonyl (C=O) groups is 1. The van der Waals surface area contributed by atoms with Gasteiger partial charge >= 0.3 is 5.97 Å². The number of esters is 1. The average molecular weight is 877 g/mol. The van der Waals surface area contributed by atoms with Crippen molar-refractivity contribution in [3.63, 3.8) is 0 Å². The third-order valence-electron chi connectivity index (χ3n) is 8.71. The Labute approximate surface area is 336 Å². The molecule has 0 radical (unpaired) electrons. The Kier molecular flexibility index (Phi) is 13.9.